The zero-order valence-corrected chi connectivity index (χ0v) is 16.4. The predicted molar refractivity (Wildman–Crippen MR) is 106 cm³/mol. The van der Waals surface area contributed by atoms with Crippen LogP contribution in [0.25, 0.3) is 16.5 Å². The molecule has 144 valence electrons. The number of rotatable bonds is 4. The van der Waals surface area contributed by atoms with Gasteiger partial charge in [0.1, 0.15) is 0 Å². The van der Waals surface area contributed by atoms with Crippen molar-refractivity contribution >= 4 is 27.9 Å². The number of hydrogen-bond donors (Lipinski definition) is 1. The summed E-state index contributed by atoms with van der Waals surface area (Å²) in [4.78, 5) is 8.23. The molecule has 1 aromatic carbocycles. The van der Waals surface area contributed by atoms with Crippen molar-refractivity contribution in [2.24, 2.45) is 0 Å². The molecule has 0 bridgehead atoms. The number of thiazole rings is 1. The molecule has 4 aromatic rings. The van der Waals surface area contributed by atoms with Gasteiger partial charge in [-0.1, -0.05) is 35.1 Å². The lowest BCUT2D eigenvalue weighted by Crippen LogP contribution is -2.39. The molecule has 0 amide bonds. The quantitative estimate of drug-likeness (QED) is 0.545. The Balaban J connectivity index is 1.59. The van der Waals surface area contributed by atoms with E-state index in [4.69, 9.17) is 20.8 Å². The lowest BCUT2D eigenvalue weighted by atomic mass is 10.0. The second-order valence-corrected chi connectivity index (χ2v) is 7.94. The van der Waals surface area contributed by atoms with Crippen LogP contribution < -0.4 is 0 Å². The largest absolute Gasteiger partial charge is 0.492 e. The van der Waals surface area contributed by atoms with Crippen molar-refractivity contribution in [3.05, 3.63) is 58.1 Å². The highest BCUT2D eigenvalue weighted by molar-refractivity contribution is 7.17. The number of halogens is 1. The predicted octanol–water partition coefficient (Wildman–Crippen LogP) is 3.83. The van der Waals surface area contributed by atoms with Crippen LogP contribution in [-0.2, 0) is 4.74 Å². The average Bonchev–Trinajstić information content (AvgIpc) is 3.43. The van der Waals surface area contributed by atoms with Gasteiger partial charge < -0.3 is 14.3 Å². The molecule has 3 aromatic heterocycles. The molecule has 5 rings (SSSR count). The molecular weight excluding hydrogens is 400 g/mol. The minimum Gasteiger partial charge on any atom is -0.492 e. The molecule has 0 aliphatic carbocycles. The van der Waals surface area contributed by atoms with E-state index in [-0.39, 0.29) is 11.9 Å². The molecule has 4 heterocycles. The molecule has 1 atom stereocenters. The van der Waals surface area contributed by atoms with E-state index in [1.807, 2.05) is 24.3 Å². The fourth-order valence-electron chi connectivity index (χ4n) is 3.45. The summed E-state index contributed by atoms with van der Waals surface area (Å²) < 4.78 is 12.3. The van der Waals surface area contributed by atoms with Crippen molar-refractivity contribution < 1.29 is 14.3 Å². The molecule has 0 unspecified atom stereocenters. The monoisotopic (exact) mass is 416 g/mol. The lowest BCUT2D eigenvalue weighted by Gasteiger charge is -2.34. The first-order chi connectivity index (χ1) is 13.7. The van der Waals surface area contributed by atoms with Crippen molar-refractivity contribution in [2.75, 3.05) is 26.3 Å². The van der Waals surface area contributed by atoms with Crippen molar-refractivity contribution in [1.82, 2.24) is 19.5 Å². The number of fused-ring (bicyclic) bond motifs is 1. The molecule has 9 heteroatoms. The summed E-state index contributed by atoms with van der Waals surface area (Å²) in [6, 6.07) is 11.2. The Bertz CT molecular complexity index is 1080. The standard InChI is InChI=1S/C19H17ClN4O3S/c20-13-5-3-12(4-6-13)15(23-7-10-26-11-8-23)16-18(25)24-19(28-16)21-17(22-24)14-2-1-9-27-14/h1-6,9,15,25H,7-8,10-11H2/t15-/m1/s1. The van der Waals surface area contributed by atoms with Gasteiger partial charge in [0, 0.05) is 18.1 Å². The first-order valence-corrected chi connectivity index (χ1v) is 10.1. The molecule has 7 nitrogen and oxygen atoms in total. The minimum absolute atomic E-state index is 0.0942. The van der Waals surface area contributed by atoms with E-state index in [9.17, 15) is 5.11 Å². The minimum atomic E-state index is -0.123. The first kappa shape index (κ1) is 17.7. The summed E-state index contributed by atoms with van der Waals surface area (Å²) in [6.45, 7) is 2.87. The van der Waals surface area contributed by atoms with Gasteiger partial charge in [-0.15, -0.1) is 5.10 Å². The summed E-state index contributed by atoms with van der Waals surface area (Å²) >= 11 is 7.50. The summed E-state index contributed by atoms with van der Waals surface area (Å²) in [6.07, 6.45) is 1.57. The van der Waals surface area contributed by atoms with Gasteiger partial charge >= 0.3 is 0 Å². The maximum atomic E-state index is 11.0. The van der Waals surface area contributed by atoms with Crippen molar-refractivity contribution in [3.8, 4) is 17.5 Å². The summed E-state index contributed by atoms with van der Waals surface area (Å²) in [5.74, 6) is 1.11. The van der Waals surface area contributed by atoms with Crippen LogP contribution >= 0.6 is 22.9 Å². The Labute approximate surface area is 169 Å². The number of ether oxygens (including phenoxy) is 1. The van der Waals surface area contributed by atoms with Crippen molar-refractivity contribution in [1.29, 1.82) is 0 Å². The number of benzene rings is 1. The molecule has 28 heavy (non-hydrogen) atoms. The first-order valence-electron chi connectivity index (χ1n) is 8.90. The van der Waals surface area contributed by atoms with Gasteiger partial charge in [-0.2, -0.15) is 9.50 Å². The molecule has 1 fully saturated rings. The fraction of sp³-hybridized carbons (Fsp3) is 0.263. The van der Waals surface area contributed by atoms with Gasteiger partial charge in [0.2, 0.25) is 16.7 Å². The number of nitrogens with zero attached hydrogens (tertiary/aromatic N) is 4. The highest BCUT2D eigenvalue weighted by Gasteiger charge is 2.30. The van der Waals surface area contributed by atoms with Crippen LogP contribution in [0.1, 0.15) is 16.5 Å². The average molecular weight is 417 g/mol. The maximum absolute atomic E-state index is 11.0. The number of hydrogen-bond acceptors (Lipinski definition) is 7. The number of aromatic nitrogens is 3. The van der Waals surface area contributed by atoms with E-state index in [1.54, 1.807) is 18.4 Å². The number of furan rings is 1. The highest BCUT2D eigenvalue weighted by atomic mass is 35.5. The summed E-state index contributed by atoms with van der Waals surface area (Å²) in [7, 11) is 0. The van der Waals surface area contributed by atoms with E-state index in [0.717, 1.165) is 23.5 Å². The third-order valence-electron chi connectivity index (χ3n) is 4.79. The number of aromatic hydroxyl groups is 1. The van der Waals surface area contributed by atoms with Gasteiger partial charge in [-0.05, 0) is 29.8 Å². The van der Waals surface area contributed by atoms with E-state index < -0.39 is 0 Å². The Morgan fingerprint density at radius 2 is 1.93 bits per heavy atom. The van der Waals surface area contributed by atoms with Crippen LogP contribution in [0.4, 0.5) is 0 Å². The summed E-state index contributed by atoms with van der Waals surface area (Å²) in [5, 5.41) is 16.1. The van der Waals surface area contributed by atoms with Gasteiger partial charge in [-0.25, -0.2) is 0 Å². The molecule has 1 N–H and O–H groups in total. The molecule has 1 saturated heterocycles. The van der Waals surface area contributed by atoms with Crippen LogP contribution in [0.2, 0.25) is 5.02 Å². The van der Waals surface area contributed by atoms with Gasteiger partial charge in [0.25, 0.3) is 0 Å². The smallest absolute Gasteiger partial charge is 0.230 e. The Hall–Kier alpha value is -2.39. The fourth-order valence-corrected chi connectivity index (χ4v) is 4.69. The zero-order valence-electron chi connectivity index (χ0n) is 14.8. The maximum Gasteiger partial charge on any atom is 0.230 e. The Kier molecular flexibility index (Phi) is 4.56. The Morgan fingerprint density at radius 3 is 2.61 bits per heavy atom. The number of morpholine rings is 1. The molecule has 1 aliphatic heterocycles. The van der Waals surface area contributed by atoms with Crippen LogP contribution in [-0.4, -0.2) is 50.9 Å². The van der Waals surface area contributed by atoms with E-state index in [2.05, 4.69) is 15.0 Å². The molecule has 0 radical (unpaired) electrons. The second kappa shape index (κ2) is 7.21. The van der Waals surface area contributed by atoms with Crippen LogP contribution in [0, 0.1) is 0 Å². The molecule has 0 spiro atoms. The molecule has 0 saturated carbocycles. The van der Waals surface area contributed by atoms with E-state index >= 15 is 0 Å². The van der Waals surface area contributed by atoms with Crippen LogP contribution in [0.15, 0.2) is 47.1 Å². The van der Waals surface area contributed by atoms with E-state index in [1.165, 1.54) is 15.9 Å². The molecular formula is C19H17ClN4O3S. The van der Waals surface area contributed by atoms with Crippen molar-refractivity contribution in [3.63, 3.8) is 0 Å². The SMILES string of the molecule is Oc1c([C@@H](c2ccc(Cl)cc2)N2CCOCC2)sc2nc(-c3ccco3)nn12. The van der Waals surface area contributed by atoms with Gasteiger partial charge in [-0.3, -0.25) is 4.90 Å². The topological polar surface area (TPSA) is 76.0 Å². The van der Waals surface area contributed by atoms with Gasteiger partial charge in [0.05, 0.1) is 30.4 Å². The van der Waals surface area contributed by atoms with Crippen LogP contribution in [0.3, 0.4) is 0 Å². The normalized spacial score (nSPS) is 16.6. The van der Waals surface area contributed by atoms with E-state index in [0.29, 0.717) is 34.8 Å². The highest BCUT2D eigenvalue weighted by Crippen LogP contribution is 2.40. The van der Waals surface area contributed by atoms with Crippen LogP contribution in [0.5, 0.6) is 5.88 Å². The zero-order chi connectivity index (χ0) is 19.1. The molecule has 1 aliphatic rings. The third-order valence-corrected chi connectivity index (χ3v) is 6.11. The Morgan fingerprint density at radius 1 is 1.14 bits per heavy atom. The second-order valence-electron chi connectivity index (χ2n) is 6.50. The van der Waals surface area contributed by atoms with Gasteiger partial charge in [0.15, 0.2) is 5.76 Å². The van der Waals surface area contributed by atoms with Crippen molar-refractivity contribution in [2.45, 2.75) is 6.04 Å². The lowest BCUT2D eigenvalue weighted by molar-refractivity contribution is 0.0241. The summed E-state index contributed by atoms with van der Waals surface area (Å²) in [5.41, 5.74) is 1.05. The third kappa shape index (κ3) is 3.08.